The van der Waals surface area contributed by atoms with Crippen molar-refractivity contribution < 1.29 is 14.6 Å². The number of hydrogen-bond acceptors (Lipinski definition) is 3. The Morgan fingerprint density at radius 3 is 1.45 bits per heavy atom. The van der Waals surface area contributed by atoms with Crippen LogP contribution in [0.25, 0.3) is 0 Å². The Kier molecular flexibility index (Phi) is 18.8. The first-order valence-corrected chi connectivity index (χ1v) is 9.69. The van der Waals surface area contributed by atoms with E-state index in [9.17, 15) is 0 Å². The second-order valence-electron chi connectivity index (χ2n) is 6.22. The maximum absolute atomic E-state index is 9.08. The van der Waals surface area contributed by atoms with Crippen molar-refractivity contribution in [3.05, 3.63) is 0 Å². The Morgan fingerprint density at radius 2 is 1.05 bits per heavy atom. The first-order valence-electron chi connectivity index (χ1n) is 9.69. The van der Waals surface area contributed by atoms with Crippen LogP contribution in [0.5, 0.6) is 0 Å². The molecule has 0 saturated carbocycles. The van der Waals surface area contributed by atoms with Gasteiger partial charge in [0.2, 0.25) is 0 Å². The zero-order valence-electron chi connectivity index (χ0n) is 15.2. The lowest BCUT2D eigenvalue weighted by Gasteiger charge is -2.17. The number of aliphatic hydroxyl groups excluding tert-OH is 1. The summed E-state index contributed by atoms with van der Waals surface area (Å²) in [6.07, 6.45) is 15.6. The first kappa shape index (κ1) is 21.9. The third kappa shape index (κ3) is 16.3. The van der Waals surface area contributed by atoms with E-state index in [1.54, 1.807) is 0 Å². The Morgan fingerprint density at radius 1 is 0.636 bits per heavy atom. The largest absolute Gasteiger partial charge is 0.396 e. The Labute approximate surface area is 138 Å². The molecule has 1 N–H and O–H groups in total. The van der Waals surface area contributed by atoms with Gasteiger partial charge in [0.1, 0.15) is 0 Å². The summed E-state index contributed by atoms with van der Waals surface area (Å²) >= 11 is 0. The Hall–Kier alpha value is -0.120. The predicted molar refractivity (Wildman–Crippen MR) is 94.1 cm³/mol. The van der Waals surface area contributed by atoms with Crippen LogP contribution in [-0.2, 0) is 9.47 Å². The van der Waals surface area contributed by atoms with Crippen LogP contribution < -0.4 is 0 Å². The molecule has 0 aliphatic rings. The number of ether oxygens (including phenoxy) is 2. The summed E-state index contributed by atoms with van der Waals surface area (Å²) in [4.78, 5) is 0. The van der Waals surface area contributed by atoms with Gasteiger partial charge in [-0.15, -0.1) is 0 Å². The quantitative estimate of drug-likeness (QED) is 0.270. The second-order valence-corrected chi connectivity index (χ2v) is 6.22. The van der Waals surface area contributed by atoms with Crippen LogP contribution in [0.2, 0.25) is 0 Å². The molecule has 3 nitrogen and oxygen atoms in total. The van der Waals surface area contributed by atoms with Crippen LogP contribution in [-0.4, -0.2) is 31.2 Å². The van der Waals surface area contributed by atoms with Crippen LogP contribution in [0, 0.1) is 0 Å². The highest BCUT2D eigenvalue weighted by Gasteiger charge is 2.08. The minimum absolute atomic E-state index is 0.137. The molecule has 0 radical (unpaired) electrons. The van der Waals surface area contributed by atoms with Gasteiger partial charge in [0.15, 0.2) is 6.29 Å². The van der Waals surface area contributed by atoms with Gasteiger partial charge in [-0.1, -0.05) is 78.1 Å². The molecule has 22 heavy (non-hydrogen) atoms. The van der Waals surface area contributed by atoms with Gasteiger partial charge in [-0.05, 0) is 12.8 Å². The minimum atomic E-state index is -0.212. The Balaban J connectivity index is 3.44. The molecule has 0 aromatic carbocycles. The van der Waals surface area contributed by atoms with Crippen molar-refractivity contribution in [2.75, 3.05) is 19.8 Å². The molecule has 0 saturated heterocycles. The van der Waals surface area contributed by atoms with Gasteiger partial charge in [0.25, 0.3) is 0 Å². The highest BCUT2D eigenvalue weighted by molar-refractivity contribution is 4.49. The standard InChI is InChI=1S/C19H40O3/c1-3-5-7-9-11-13-17-21-19(15-16-20)22-18-14-12-10-8-6-4-2/h19-20H,3-18H2,1-2H3. The zero-order valence-corrected chi connectivity index (χ0v) is 15.2. The lowest BCUT2D eigenvalue weighted by atomic mass is 10.1. The monoisotopic (exact) mass is 316 g/mol. The first-order chi connectivity index (χ1) is 10.8. The molecule has 0 aliphatic carbocycles. The lowest BCUT2D eigenvalue weighted by Crippen LogP contribution is -2.20. The SMILES string of the molecule is CCCCCCCCOC(CCO)OCCCCCCCC. The van der Waals surface area contributed by atoms with E-state index < -0.39 is 0 Å². The van der Waals surface area contributed by atoms with Crippen molar-refractivity contribution in [3.63, 3.8) is 0 Å². The molecule has 3 heteroatoms. The summed E-state index contributed by atoms with van der Waals surface area (Å²) in [5.41, 5.74) is 0. The maximum Gasteiger partial charge on any atom is 0.159 e. The van der Waals surface area contributed by atoms with Gasteiger partial charge in [0.05, 0.1) is 0 Å². The van der Waals surface area contributed by atoms with Crippen LogP contribution in [0.15, 0.2) is 0 Å². The highest BCUT2D eigenvalue weighted by Crippen LogP contribution is 2.09. The van der Waals surface area contributed by atoms with Crippen LogP contribution >= 0.6 is 0 Å². The van der Waals surface area contributed by atoms with Crippen molar-refractivity contribution in [2.24, 2.45) is 0 Å². The van der Waals surface area contributed by atoms with Crippen molar-refractivity contribution >= 4 is 0 Å². The number of hydrogen-bond donors (Lipinski definition) is 1. The molecule has 0 amide bonds. The van der Waals surface area contributed by atoms with E-state index in [1.165, 1.54) is 64.2 Å². The summed E-state index contributed by atoms with van der Waals surface area (Å²) in [7, 11) is 0. The lowest BCUT2D eigenvalue weighted by molar-refractivity contribution is -0.151. The van der Waals surface area contributed by atoms with E-state index in [0.29, 0.717) is 6.42 Å². The summed E-state index contributed by atoms with van der Waals surface area (Å²) in [5.74, 6) is 0. The van der Waals surface area contributed by atoms with E-state index in [4.69, 9.17) is 14.6 Å². The molecule has 134 valence electrons. The molecule has 0 aromatic rings. The van der Waals surface area contributed by atoms with E-state index in [2.05, 4.69) is 13.8 Å². The third-order valence-corrected chi connectivity index (χ3v) is 3.97. The third-order valence-electron chi connectivity index (χ3n) is 3.97. The molecule has 0 fully saturated rings. The molecule has 0 spiro atoms. The average molecular weight is 317 g/mol. The molecule has 0 heterocycles. The molecule has 0 bridgehead atoms. The van der Waals surface area contributed by atoms with E-state index in [1.807, 2.05) is 0 Å². The van der Waals surface area contributed by atoms with Crippen molar-refractivity contribution in [1.29, 1.82) is 0 Å². The van der Waals surface area contributed by atoms with Crippen molar-refractivity contribution in [3.8, 4) is 0 Å². The van der Waals surface area contributed by atoms with Gasteiger partial charge in [-0.3, -0.25) is 0 Å². The second kappa shape index (κ2) is 18.9. The van der Waals surface area contributed by atoms with Crippen LogP contribution in [0.1, 0.15) is 97.3 Å². The Bertz CT molecular complexity index is 179. The van der Waals surface area contributed by atoms with Gasteiger partial charge in [-0.2, -0.15) is 0 Å². The molecular formula is C19H40O3. The smallest absolute Gasteiger partial charge is 0.159 e. The minimum Gasteiger partial charge on any atom is -0.396 e. The average Bonchev–Trinajstić information content (AvgIpc) is 2.53. The fourth-order valence-corrected chi connectivity index (χ4v) is 2.51. The van der Waals surface area contributed by atoms with Gasteiger partial charge < -0.3 is 14.6 Å². The molecule has 0 aromatic heterocycles. The maximum atomic E-state index is 9.08. The zero-order chi connectivity index (χ0) is 16.3. The van der Waals surface area contributed by atoms with Crippen LogP contribution in [0.4, 0.5) is 0 Å². The van der Waals surface area contributed by atoms with E-state index in [-0.39, 0.29) is 12.9 Å². The fraction of sp³-hybridized carbons (Fsp3) is 1.00. The summed E-state index contributed by atoms with van der Waals surface area (Å²) in [5, 5.41) is 9.08. The summed E-state index contributed by atoms with van der Waals surface area (Å²) in [6, 6.07) is 0. The molecule has 0 atom stereocenters. The van der Waals surface area contributed by atoms with Gasteiger partial charge in [-0.25, -0.2) is 0 Å². The molecule has 0 aliphatic heterocycles. The number of unbranched alkanes of at least 4 members (excludes halogenated alkanes) is 10. The normalized spacial score (nSPS) is 11.5. The molecule has 0 unspecified atom stereocenters. The highest BCUT2D eigenvalue weighted by atomic mass is 16.7. The predicted octanol–water partition coefficient (Wildman–Crippen LogP) is 5.45. The number of aliphatic hydroxyl groups is 1. The van der Waals surface area contributed by atoms with Gasteiger partial charge in [0, 0.05) is 26.2 Å². The van der Waals surface area contributed by atoms with Gasteiger partial charge >= 0.3 is 0 Å². The molecular weight excluding hydrogens is 276 g/mol. The topological polar surface area (TPSA) is 38.7 Å². The fourth-order valence-electron chi connectivity index (χ4n) is 2.51. The summed E-state index contributed by atoms with van der Waals surface area (Å²) in [6.45, 7) is 6.13. The van der Waals surface area contributed by atoms with Crippen LogP contribution in [0.3, 0.4) is 0 Å². The van der Waals surface area contributed by atoms with E-state index >= 15 is 0 Å². The summed E-state index contributed by atoms with van der Waals surface area (Å²) < 4.78 is 11.5. The van der Waals surface area contributed by atoms with Crippen molar-refractivity contribution in [1.82, 2.24) is 0 Å². The molecule has 0 rings (SSSR count). The van der Waals surface area contributed by atoms with E-state index in [0.717, 1.165) is 26.1 Å². The number of rotatable bonds is 18. The van der Waals surface area contributed by atoms with Crippen molar-refractivity contribution in [2.45, 2.75) is 104 Å².